The van der Waals surface area contributed by atoms with Gasteiger partial charge in [-0.1, -0.05) is 64.9 Å². The third-order valence-electron chi connectivity index (χ3n) is 4.23. The van der Waals surface area contributed by atoms with Crippen molar-refractivity contribution in [2.24, 2.45) is 0 Å². The van der Waals surface area contributed by atoms with E-state index in [0.29, 0.717) is 15.3 Å². The maximum absolute atomic E-state index is 12.7. The fourth-order valence-electron chi connectivity index (χ4n) is 2.70. The first-order valence-corrected chi connectivity index (χ1v) is 10.6. The molecule has 0 aliphatic rings. The molecule has 4 aromatic rings. The van der Waals surface area contributed by atoms with Crippen molar-refractivity contribution in [1.82, 2.24) is 14.6 Å². The molecule has 0 aliphatic heterocycles. The van der Waals surface area contributed by atoms with E-state index in [2.05, 4.69) is 32.9 Å². The molecular weight excluding hydrogens is 438 g/mol. The Morgan fingerprint density at radius 3 is 2.57 bits per heavy atom. The summed E-state index contributed by atoms with van der Waals surface area (Å²) >= 11 is 4.75. The van der Waals surface area contributed by atoms with E-state index in [9.17, 15) is 4.79 Å². The number of fused-ring (bicyclic) bond motifs is 1. The molecule has 0 N–H and O–H groups in total. The van der Waals surface area contributed by atoms with E-state index in [4.69, 9.17) is 4.74 Å². The van der Waals surface area contributed by atoms with Crippen LogP contribution in [0.1, 0.15) is 25.3 Å². The van der Waals surface area contributed by atoms with Crippen molar-refractivity contribution in [1.29, 1.82) is 0 Å². The second kappa shape index (κ2) is 8.24. The van der Waals surface area contributed by atoms with Crippen molar-refractivity contribution < 1.29 is 4.74 Å². The molecule has 0 atom stereocenters. The van der Waals surface area contributed by atoms with Crippen LogP contribution in [0.2, 0.25) is 0 Å². The highest BCUT2D eigenvalue weighted by Gasteiger charge is 2.11. The normalized spacial score (nSPS) is 12.0. The summed E-state index contributed by atoms with van der Waals surface area (Å²) in [5, 5.41) is 4.38. The molecule has 142 valence electrons. The predicted molar refractivity (Wildman–Crippen MR) is 116 cm³/mol. The van der Waals surface area contributed by atoms with Gasteiger partial charge in [0.05, 0.1) is 11.1 Å². The van der Waals surface area contributed by atoms with Crippen LogP contribution in [-0.2, 0) is 0 Å². The Balaban J connectivity index is 1.60. The van der Waals surface area contributed by atoms with Crippen molar-refractivity contribution in [2.75, 3.05) is 6.61 Å². The molecule has 0 amide bonds. The second-order valence-corrected chi connectivity index (χ2v) is 8.25. The summed E-state index contributed by atoms with van der Waals surface area (Å²) in [5.41, 5.74) is 1.67. The van der Waals surface area contributed by atoms with Gasteiger partial charge >= 0.3 is 0 Å². The standard InChI is InChI=1S/C21H18BrN3O2S/c1-2-3-12-27-17-10-4-14(5-11-17)13-18-20(26)25-21(28-18)23-19(24-25)15-6-8-16(22)9-7-15/h4-11,13H,2-3,12H2,1H3/b18-13+. The number of aromatic nitrogens is 3. The van der Waals surface area contributed by atoms with E-state index in [1.807, 2.05) is 54.6 Å². The lowest BCUT2D eigenvalue weighted by molar-refractivity contribution is 0.309. The van der Waals surface area contributed by atoms with E-state index >= 15 is 0 Å². The zero-order chi connectivity index (χ0) is 19.5. The third-order valence-corrected chi connectivity index (χ3v) is 5.72. The highest BCUT2D eigenvalue weighted by molar-refractivity contribution is 9.10. The first-order valence-electron chi connectivity index (χ1n) is 9.04. The Hall–Kier alpha value is -2.51. The number of hydrogen-bond acceptors (Lipinski definition) is 5. The quantitative estimate of drug-likeness (QED) is 0.406. The van der Waals surface area contributed by atoms with Crippen molar-refractivity contribution in [3.8, 4) is 17.1 Å². The summed E-state index contributed by atoms with van der Waals surface area (Å²) < 4.78 is 8.64. The average Bonchev–Trinajstić information content (AvgIpc) is 3.24. The number of hydrogen-bond donors (Lipinski definition) is 0. The maximum Gasteiger partial charge on any atom is 0.291 e. The highest BCUT2D eigenvalue weighted by atomic mass is 79.9. The Labute approximate surface area is 174 Å². The van der Waals surface area contributed by atoms with Gasteiger partial charge in [0.15, 0.2) is 5.82 Å². The van der Waals surface area contributed by atoms with Crippen LogP contribution < -0.4 is 14.8 Å². The summed E-state index contributed by atoms with van der Waals surface area (Å²) in [6.07, 6.45) is 4.01. The van der Waals surface area contributed by atoms with Crippen LogP contribution >= 0.6 is 27.3 Å². The Bertz CT molecular complexity index is 1200. The number of rotatable bonds is 6. The number of thiazole rings is 1. The van der Waals surface area contributed by atoms with Gasteiger partial charge in [0.2, 0.25) is 4.96 Å². The van der Waals surface area contributed by atoms with Crippen molar-refractivity contribution in [3.05, 3.63) is 73.5 Å². The molecule has 2 aromatic heterocycles. The van der Waals surface area contributed by atoms with Gasteiger partial charge in [-0.3, -0.25) is 4.79 Å². The molecule has 28 heavy (non-hydrogen) atoms. The van der Waals surface area contributed by atoms with Gasteiger partial charge < -0.3 is 4.74 Å². The van der Waals surface area contributed by atoms with Crippen LogP contribution in [0.25, 0.3) is 22.4 Å². The lowest BCUT2D eigenvalue weighted by atomic mass is 10.2. The van der Waals surface area contributed by atoms with Gasteiger partial charge in [0.25, 0.3) is 5.56 Å². The smallest absolute Gasteiger partial charge is 0.291 e. The molecule has 7 heteroatoms. The van der Waals surface area contributed by atoms with Crippen LogP contribution in [0.15, 0.2) is 57.8 Å². The minimum atomic E-state index is -0.154. The number of ether oxygens (including phenoxy) is 1. The van der Waals surface area contributed by atoms with Crippen LogP contribution in [0.4, 0.5) is 0 Å². The molecule has 5 nitrogen and oxygen atoms in total. The predicted octanol–water partition coefficient (Wildman–Crippen LogP) is 4.31. The average molecular weight is 456 g/mol. The van der Waals surface area contributed by atoms with E-state index in [1.54, 1.807) is 0 Å². The first-order chi connectivity index (χ1) is 13.6. The molecule has 2 aromatic carbocycles. The summed E-state index contributed by atoms with van der Waals surface area (Å²) in [4.78, 5) is 17.8. The minimum Gasteiger partial charge on any atom is -0.494 e. The topological polar surface area (TPSA) is 56.5 Å². The Morgan fingerprint density at radius 2 is 1.89 bits per heavy atom. The Morgan fingerprint density at radius 1 is 1.14 bits per heavy atom. The van der Waals surface area contributed by atoms with Crippen molar-refractivity contribution in [2.45, 2.75) is 19.8 Å². The summed E-state index contributed by atoms with van der Waals surface area (Å²) in [7, 11) is 0. The van der Waals surface area contributed by atoms with Crippen molar-refractivity contribution >= 4 is 38.3 Å². The van der Waals surface area contributed by atoms with E-state index in [-0.39, 0.29) is 5.56 Å². The number of benzene rings is 2. The molecular formula is C21H18BrN3O2S. The SMILES string of the molecule is CCCCOc1ccc(/C=c2/sc3nc(-c4ccc(Br)cc4)nn3c2=O)cc1. The summed E-state index contributed by atoms with van der Waals surface area (Å²) in [6, 6.07) is 15.4. The van der Waals surface area contributed by atoms with Gasteiger partial charge in [-0.15, -0.1) is 5.10 Å². The minimum absolute atomic E-state index is 0.154. The molecule has 0 bridgehead atoms. The fraction of sp³-hybridized carbons (Fsp3) is 0.190. The zero-order valence-corrected chi connectivity index (χ0v) is 17.7. The Kier molecular flexibility index (Phi) is 5.54. The van der Waals surface area contributed by atoms with Crippen LogP contribution in [0.3, 0.4) is 0 Å². The van der Waals surface area contributed by atoms with Gasteiger partial charge in [-0.2, -0.15) is 9.50 Å². The lowest BCUT2D eigenvalue weighted by Gasteiger charge is -2.04. The number of halogens is 1. The monoisotopic (exact) mass is 455 g/mol. The zero-order valence-electron chi connectivity index (χ0n) is 15.3. The third kappa shape index (κ3) is 4.00. The summed E-state index contributed by atoms with van der Waals surface area (Å²) in [6.45, 7) is 2.86. The lowest BCUT2D eigenvalue weighted by Crippen LogP contribution is -2.23. The second-order valence-electron chi connectivity index (χ2n) is 6.32. The number of nitrogens with zero attached hydrogens (tertiary/aromatic N) is 3. The van der Waals surface area contributed by atoms with E-state index in [0.717, 1.165) is 40.8 Å². The molecule has 4 rings (SSSR count). The molecule has 0 aliphatic carbocycles. The van der Waals surface area contributed by atoms with E-state index < -0.39 is 0 Å². The molecule has 0 spiro atoms. The van der Waals surface area contributed by atoms with E-state index in [1.165, 1.54) is 15.9 Å². The molecule has 0 saturated carbocycles. The van der Waals surface area contributed by atoms with Crippen molar-refractivity contribution in [3.63, 3.8) is 0 Å². The number of unbranched alkanes of at least 4 members (excludes halogenated alkanes) is 1. The van der Waals surface area contributed by atoms with Gasteiger partial charge in [-0.25, -0.2) is 0 Å². The first kappa shape index (κ1) is 18.8. The van der Waals surface area contributed by atoms with Crippen LogP contribution in [0, 0.1) is 0 Å². The highest BCUT2D eigenvalue weighted by Crippen LogP contribution is 2.19. The fourth-order valence-corrected chi connectivity index (χ4v) is 3.87. The van der Waals surface area contributed by atoms with Gasteiger partial charge in [0, 0.05) is 10.0 Å². The maximum atomic E-state index is 12.7. The molecule has 0 radical (unpaired) electrons. The van der Waals surface area contributed by atoms with Gasteiger partial charge in [-0.05, 0) is 42.3 Å². The van der Waals surface area contributed by atoms with Gasteiger partial charge in [0.1, 0.15) is 5.75 Å². The molecule has 0 unspecified atom stereocenters. The van der Waals surface area contributed by atoms with Crippen LogP contribution in [-0.4, -0.2) is 21.2 Å². The molecule has 0 saturated heterocycles. The largest absolute Gasteiger partial charge is 0.494 e. The molecule has 0 fully saturated rings. The van der Waals surface area contributed by atoms with Crippen LogP contribution in [0.5, 0.6) is 5.75 Å². The molecule has 2 heterocycles. The summed E-state index contributed by atoms with van der Waals surface area (Å²) in [5.74, 6) is 1.39.